The highest BCUT2D eigenvalue weighted by atomic mass is 127. The molecule has 2 rings (SSSR count). The van der Waals surface area contributed by atoms with Crippen LogP contribution in [0.2, 0.25) is 5.02 Å². The Balaban J connectivity index is 2.44. The molecule has 0 amide bonds. The summed E-state index contributed by atoms with van der Waals surface area (Å²) in [7, 11) is 0. The van der Waals surface area contributed by atoms with Crippen molar-refractivity contribution in [3.8, 4) is 0 Å². The third-order valence-corrected chi connectivity index (χ3v) is 5.14. The Labute approximate surface area is 145 Å². The second kappa shape index (κ2) is 7.20. The third kappa shape index (κ3) is 3.72. The van der Waals surface area contributed by atoms with Gasteiger partial charge in [0.1, 0.15) is 5.82 Å². The molecule has 2 aromatic carbocycles. The molecule has 0 aliphatic rings. The van der Waals surface area contributed by atoms with Gasteiger partial charge >= 0.3 is 0 Å². The van der Waals surface area contributed by atoms with E-state index in [-0.39, 0.29) is 11.9 Å². The molecule has 0 aliphatic carbocycles. The normalized spacial score (nSPS) is 12.4. The standard InChI is InChI=1S/C15H13BrClFIN/c1-2-20-15(9-3-5-13(18)11(16)7-9)10-4-6-14(19)12(17)8-10/h3-8,15,20H,2H2,1H3. The minimum atomic E-state index is -0.260. The first-order valence-corrected chi connectivity index (χ1v) is 8.41. The Morgan fingerprint density at radius 1 is 1.25 bits per heavy atom. The summed E-state index contributed by atoms with van der Waals surface area (Å²) in [5.41, 5.74) is 2.06. The summed E-state index contributed by atoms with van der Waals surface area (Å²) in [6.45, 7) is 2.85. The van der Waals surface area contributed by atoms with Gasteiger partial charge in [-0.25, -0.2) is 4.39 Å². The van der Waals surface area contributed by atoms with Crippen LogP contribution >= 0.6 is 50.1 Å². The average molecular weight is 469 g/mol. The van der Waals surface area contributed by atoms with E-state index in [9.17, 15) is 4.39 Å². The minimum absolute atomic E-state index is 0.00796. The van der Waals surface area contributed by atoms with Crippen LogP contribution in [0, 0.1) is 9.39 Å². The predicted octanol–water partition coefficient (Wildman–Crippen LogP) is 5.55. The van der Waals surface area contributed by atoms with Gasteiger partial charge in [-0.05, 0) is 80.5 Å². The van der Waals surface area contributed by atoms with Crippen LogP contribution in [-0.4, -0.2) is 6.54 Å². The molecule has 0 bridgehead atoms. The molecule has 0 radical (unpaired) electrons. The van der Waals surface area contributed by atoms with Crippen molar-refractivity contribution in [1.82, 2.24) is 5.32 Å². The van der Waals surface area contributed by atoms with E-state index in [0.717, 1.165) is 26.3 Å². The highest BCUT2D eigenvalue weighted by molar-refractivity contribution is 14.1. The van der Waals surface area contributed by atoms with Crippen LogP contribution in [0.25, 0.3) is 0 Å². The zero-order chi connectivity index (χ0) is 14.7. The molecule has 5 heteroatoms. The van der Waals surface area contributed by atoms with Crippen LogP contribution in [0.3, 0.4) is 0 Å². The van der Waals surface area contributed by atoms with Gasteiger partial charge in [-0.1, -0.05) is 30.7 Å². The van der Waals surface area contributed by atoms with Crippen molar-refractivity contribution in [2.75, 3.05) is 6.54 Å². The number of benzene rings is 2. The molecule has 0 saturated heterocycles. The average Bonchev–Trinajstić information content (AvgIpc) is 2.43. The summed E-state index contributed by atoms with van der Waals surface area (Å²) in [6, 6.07) is 11.0. The first kappa shape index (κ1) is 16.2. The number of hydrogen-bond donors (Lipinski definition) is 1. The fourth-order valence-corrected chi connectivity index (χ4v) is 2.94. The Kier molecular flexibility index (Phi) is 5.84. The van der Waals surface area contributed by atoms with Crippen LogP contribution < -0.4 is 5.32 Å². The van der Waals surface area contributed by atoms with Gasteiger partial charge in [0.15, 0.2) is 0 Å². The lowest BCUT2D eigenvalue weighted by atomic mass is 9.98. The number of hydrogen-bond acceptors (Lipinski definition) is 1. The Hall–Kier alpha value is -0.170. The van der Waals surface area contributed by atoms with Gasteiger partial charge in [0.05, 0.1) is 15.5 Å². The molecule has 0 spiro atoms. The van der Waals surface area contributed by atoms with Crippen molar-refractivity contribution in [1.29, 1.82) is 0 Å². The van der Waals surface area contributed by atoms with Crippen molar-refractivity contribution in [2.24, 2.45) is 0 Å². The highest BCUT2D eigenvalue weighted by Crippen LogP contribution is 2.29. The van der Waals surface area contributed by atoms with Gasteiger partial charge in [-0.2, -0.15) is 0 Å². The topological polar surface area (TPSA) is 12.0 Å². The molecule has 1 unspecified atom stereocenters. The SMILES string of the molecule is CCNC(c1ccc(I)c(Cl)c1)c1ccc(F)c(Br)c1. The lowest BCUT2D eigenvalue weighted by molar-refractivity contribution is 0.608. The van der Waals surface area contributed by atoms with E-state index in [4.69, 9.17) is 11.6 Å². The molecule has 0 heterocycles. The molecular formula is C15H13BrClFIN. The first-order chi connectivity index (χ1) is 9.52. The van der Waals surface area contributed by atoms with Crippen LogP contribution in [0.15, 0.2) is 40.9 Å². The summed E-state index contributed by atoms with van der Waals surface area (Å²) in [5, 5.41) is 4.13. The molecular weight excluding hydrogens is 455 g/mol. The smallest absolute Gasteiger partial charge is 0.137 e. The van der Waals surface area contributed by atoms with Crippen LogP contribution in [0.5, 0.6) is 0 Å². The molecule has 1 atom stereocenters. The molecule has 0 fully saturated rings. The molecule has 0 saturated carbocycles. The third-order valence-electron chi connectivity index (χ3n) is 2.96. The van der Waals surface area contributed by atoms with Gasteiger partial charge in [-0.15, -0.1) is 0 Å². The van der Waals surface area contributed by atoms with E-state index in [0.29, 0.717) is 4.47 Å². The summed E-state index contributed by atoms with van der Waals surface area (Å²) in [4.78, 5) is 0. The Morgan fingerprint density at radius 2 is 1.90 bits per heavy atom. The van der Waals surface area contributed by atoms with Crippen molar-refractivity contribution < 1.29 is 4.39 Å². The highest BCUT2D eigenvalue weighted by Gasteiger charge is 2.15. The molecule has 0 aromatic heterocycles. The summed E-state index contributed by atoms with van der Waals surface area (Å²) >= 11 is 11.6. The molecule has 1 N–H and O–H groups in total. The van der Waals surface area contributed by atoms with E-state index in [2.05, 4.69) is 43.8 Å². The van der Waals surface area contributed by atoms with Crippen molar-refractivity contribution in [3.05, 3.63) is 66.4 Å². The van der Waals surface area contributed by atoms with Crippen LogP contribution in [-0.2, 0) is 0 Å². The van der Waals surface area contributed by atoms with Crippen LogP contribution in [0.4, 0.5) is 4.39 Å². The molecule has 1 nitrogen and oxygen atoms in total. The molecule has 20 heavy (non-hydrogen) atoms. The van der Waals surface area contributed by atoms with Gasteiger partial charge in [0.2, 0.25) is 0 Å². The Bertz CT molecular complexity index is 569. The molecule has 0 aliphatic heterocycles. The molecule has 2 aromatic rings. The maximum absolute atomic E-state index is 13.4. The van der Waals surface area contributed by atoms with E-state index in [1.54, 1.807) is 12.1 Å². The second-order valence-electron chi connectivity index (χ2n) is 4.34. The van der Waals surface area contributed by atoms with Gasteiger partial charge in [-0.3, -0.25) is 0 Å². The van der Waals surface area contributed by atoms with Crippen LogP contribution in [0.1, 0.15) is 24.1 Å². The van der Waals surface area contributed by atoms with Crippen molar-refractivity contribution in [2.45, 2.75) is 13.0 Å². The number of nitrogens with one attached hydrogen (secondary N) is 1. The summed E-state index contributed by atoms with van der Waals surface area (Å²) in [5.74, 6) is -0.260. The molecule has 106 valence electrons. The summed E-state index contributed by atoms with van der Waals surface area (Å²) < 4.78 is 14.9. The number of halogens is 4. The largest absolute Gasteiger partial charge is 0.307 e. The Morgan fingerprint density at radius 3 is 2.50 bits per heavy atom. The minimum Gasteiger partial charge on any atom is -0.307 e. The van der Waals surface area contributed by atoms with E-state index in [1.165, 1.54) is 6.07 Å². The van der Waals surface area contributed by atoms with E-state index >= 15 is 0 Å². The van der Waals surface area contributed by atoms with E-state index < -0.39 is 0 Å². The zero-order valence-corrected chi connectivity index (χ0v) is 15.3. The first-order valence-electron chi connectivity index (χ1n) is 6.16. The zero-order valence-electron chi connectivity index (χ0n) is 10.8. The predicted molar refractivity (Wildman–Crippen MR) is 93.8 cm³/mol. The fraction of sp³-hybridized carbons (Fsp3) is 0.200. The van der Waals surface area contributed by atoms with E-state index in [1.807, 2.05) is 25.1 Å². The number of rotatable bonds is 4. The summed E-state index contributed by atoms with van der Waals surface area (Å²) in [6.07, 6.45) is 0. The van der Waals surface area contributed by atoms with Gasteiger partial charge in [0, 0.05) is 3.57 Å². The van der Waals surface area contributed by atoms with Gasteiger partial charge in [0.25, 0.3) is 0 Å². The quantitative estimate of drug-likeness (QED) is 0.581. The van der Waals surface area contributed by atoms with Crippen molar-refractivity contribution in [3.63, 3.8) is 0 Å². The lowest BCUT2D eigenvalue weighted by Crippen LogP contribution is -2.22. The lowest BCUT2D eigenvalue weighted by Gasteiger charge is -2.20. The van der Waals surface area contributed by atoms with Crippen molar-refractivity contribution >= 4 is 50.1 Å². The monoisotopic (exact) mass is 467 g/mol. The maximum atomic E-state index is 13.4. The fourth-order valence-electron chi connectivity index (χ4n) is 2.02. The van der Waals surface area contributed by atoms with Gasteiger partial charge < -0.3 is 5.32 Å². The maximum Gasteiger partial charge on any atom is 0.137 e. The second-order valence-corrected chi connectivity index (χ2v) is 6.76.